The molecule has 0 rings (SSSR count). The van der Waals surface area contributed by atoms with Gasteiger partial charge >= 0.3 is 17.0 Å². The lowest BCUT2D eigenvalue weighted by Gasteiger charge is -2.02. The molecule has 0 saturated heterocycles. The second kappa shape index (κ2) is 4.87. The van der Waals surface area contributed by atoms with Crippen LogP contribution in [0.15, 0.2) is 0 Å². The largest absolute Gasteiger partial charge is 0.480 e. The fourth-order valence-corrected chi connectivity index (χ4v) is 0.373. The van der Waals surface area contributed by atoms with E-state index >= 15 is 0 Å². The molecule has 0 radical (unpaired) electrons. The third-order valence-corrected chi connectivity index (χ3v) is 0.895. The molecule has 0 saturated carbocycles. The molecule has 0 aliphatic rings. The van der Waals surface area contributed by atoms with Crippen LogP contribution in [0.2, 0.25) is 0 Å². The summed E-state index contributed by atoms with van der Waals surface area (Å²) in [5.74, 6) is -2.65. The predicted molar refractivity (Wildman–Crippen MR) is 34.4 cm³/mol. The first-order valence-electron chi connectivity index (χ1n) is 2.93. The van der Waals surface area contributed by atoms with Gasteiger partial charge in [-0.25, -0.2) is 4.79 Å². The van der Waals surface area contributed by atoms with Crippen molar-refractivity contribution >= 4 is 11.9 Å². The van der Waals surface area contributed by atoms with Crippen molar-refractivity contribution in [1.82, 2.24) is 0 Å². The Labute approximate surface area is 71.1 Å². The van der Waals surface area contributed by atoms with E-state index in [9.17, 15) is 19.7 Å². The number of nitrogens with zero attached hydrogens (tertiary/aromatic N) is 1. The Morgan fingerprint density at radius 1 is 1.62 bits per heavy atom. The van der Waals surface area contributed by atoms with Gasteiger partial charge in [0.05, 0.1) is 6.42 Å². The first kappa shape index (κ1) is 11.1. The molecular formula is C4H6N2O7. The summed E-state index contributed by atoms with van der Waals surface area (Å²) in [5.41, 5.74) is 4.90. The molecule has 0 aromatic rings. The van der Waals surface area contributed by atoms with Crippen molar-refractivity contribution in [3.63, 3.8) is 0 Å². The maximum absolute atomic E-state index is 10.5. The predicted octanol–water partition coefficient (Wildman–Crippen LogP) is -1.55. The molecule has 0 heterocycles. The van der Waals surface area contributed by atoms with Crippen molar-refractivity contribution in [1.29, 1.82) is 0 Å². The van der Waals surface area contributed by atoms with Crippen LogP contribution in [0.4, 0.5) is 0 Å². The summed E-state index contributed by atoms with van der Waals surface area (Å²) in [4.78, 5) is 36.8. The van der Waals surface area contributed by atoms with Gasteiger partial charge < -0.3 is 10.8 Å². The van der Waals surface area contributed by atoms with Crippen molar-refractivity contribution in [2.75, 3.05) is 0 Å². The van der Waals surface area contributed by atoms with Crippen LogP contribution in [0.25, 0.3) is 0 Å². The molecule has 74 valence electrons. The smallest absolute Gasteiger partial charge is 0.345 e. The van der Waals surface area contributed by atoms with Gasteiger partial charge in [-0.3, -0.25) is 9.68 Å². The Morgan fingerprint density at radius 2 is 2.15 bits per heavy atom. The van der Waals surface area contributed by atoms with E-state index in [4.69, 9.17) is 10.8 Å². The Hall–Kier alpha value is -1.90. The molecule has 0 aromatic heterocycles. The van der Waals surface area contributed by atoms with E-state index in [1.54, 1.807) is 0 Å². The highest BCUT2D eigenvalue weighted by atomic mass is 17.3. The fraction of sp³-hybridized carbons (Fsp3) is 0.500. The van der Waals surface area contributed by atoms with E-state index in [2.05, 4.69) is 9.88 Å². The number of hydrogen-bond acceptors (Lipinski definition) is 7. The Morgan fingerprint density at radius 3 is 2.54 bits per heavy atom. The van der Waals surface area contributed by atoms with Gasteiger partial charge in [-0.05, 0) is 0 Å². The molecule has 9 heteroatoms. The lowest BCUT2D eigenvalue weighted by Crippen LogP contribution is -2.33. The van der Waals surface area contributed by atoms with Gasteiger partial charge in [-0.15, -0.1) is 10.1 Å². The third kappa shape index (κ3) is 5.38. The maximum Gasteiger partial charge on any atom is 0.345 e. The molecule has 1 atom stereocenters. The average Bonchev–Trinajstić information content (AvgIpc) is 2.00. The molecule has 0 aliphatic carbocycles. The van der Waals surface area contributed by atoms with Crippen LogP contribution in [0.1, 0.15) is 6.42 Å². The zero-order valence-corrected chi connectivity index (χ0v) is 6.21. The van der Waals surface area contributed by atoms with Crippen molar-refractivity contribution in [3.8, 4) is 0 Å². The number of carbonyl (C=O) groups excluding carboxylic acids is 1. The Bertz CT molecular complexity index is 227. The van der Waals surface area contributed by atoms with E-state index in [1.807, 2.05) is 0 Å². The first-order chi connectivity index (χ1) is 5.93. The number of aliphatic carboxylic acids is 1. The SMILES string of the molecule is N[C@H](CC(=O)OO[N+](=O)[O-])C(=O)O. The van der Waals surface area contributed by atoms with Crippen LogP contribution in [0.5, 0.6) is 0 Å². The van der Waals surface area contributed by atoms with Crippen LogP contribution in [-0.4, -0.2) is 28.2 Å². The molecule has 3 N–H and O–H groups in total. The second-order valence-electron chi connectivity index (χ2n) is 1.90. The van der Waals surface area contributed by atoms with Gasteiger partial charge in [-0.1, -0.05) is 4.99 Å². The molecule has 0 fully saturated rings. The molecule has 9 nitrogen and oxygen atoms in total. The number of carboxylic acid groups (broad SMARTS) is 1. The van der Waals surface area contributed by atoms with E-state index in [1.165, 1.54) is 0 Å². The van der Waals surface area contributed by atoms with Crippen LogP contribution in [-0.2, 0) is 19.5 Å². The molecule has 0 aliphatic heterocycles. The minimum absolute atomic E-state index is 0.705. The standard InChI is InChI=1S/C4H6N2O7/c5-2(4(8)9)1-3(7)12-13-6(10)11/h2H,1,5H2,(H,8,9)/t2-/m1/s1. The minimum atomic E-state index is -1.47. The summed E-state index contributed by atoms with van der Waals surface area (Å²) in [6.07, 6.45) is -0.705. The molecule has 0 unspecified atom stereocenters. The van der Waals surface area contributed by atoms with Gasteiger partial charge in [0.25, 0.3) is 0 Å². The van der Waals surface area contributed by atoms with Gasteiger partial charge in [0.2, 0.25) is 0 Å². The number of hydrogen-bond donors (Lipinski definition) is 2. The van der Waals surface area contributed by atoms with E-state index in [0.717, 1.165) is 0 Å². The first-order valence-corrected chi connectivity index (χ1v) is 2.93. The summed E-state index contributed by atoms with van der Waals surface area (Å²) in [6, 6.07) is -1.47. The number of rotatable bonds is 5. The highest BCUT2D eigenvalue weighted by Gasteiger charge is 2.18. The van der Waals surface area contributed by atoms with E-state index in [0.29, 0.717) is 0 Å². The van der Waals surface area contributed by atoms with Crippen LogP contribution >= 0.6 is 0 Å². The molecule has 0 spiro atoms. The summed E-state index contributed by atoms with van der Waals surface area (Å²) in [5, 5.41) is 16.3. The zero-order chi connectivity index (χ0) is 10.4. The minimum Gasteiger partial charge on any atom is -0.480 e. The van der Waals surface area contributed by atoms with Gasteiger partial charge in [-0.2, -0.15) is 0 Å². The highest BCUT2D eigenvalue weighted by molar-refractivity contribution is 5.80. The van der Waals surface area contributed by atoms with Crippen LogP contribution < -0.4 is 5.73 Å². The van der Waals surface area contributed by atoms with Crippen molar-refractivity contribution < 1.29 is 29.7 Å². The Balaban J connectivity index is 3.74. The molecule has 13 heavy (non-hydrogen) atoms. The lowest BCUT2D eigenvalue weighted by atomic mass is 10.2. The van der Waals surface area contributed by atoms with Gasteiger partial charge in [0, 0.05) is 0 Å². The fourth-order valence-electron chi connectivity index (χ4n) is 0.373. The van der Waals surface area contributed by atoms with E-state index < -0.39 is 29.5 Å². The number of nitrogens with two attached hydrogens (primary N) is 1. The third-order valence-electron chi connectivity index (χ3n) is 0.895. The topological polar surface area (TPSA) is 142 Å². The van der Waals surface area contributed by atoms with E-state index in [-0.39, 0.29) is 0 Å². The monoisotopic (exact) mass is 194 g/mol. The molecular weight excluding hydrogens is 188 g/mol. The van der Waals surface area contributed by atoms with Crippen LogP contribution in [0, 0.1) is 10.1 Å². The average molecular weight is 194 g/mol. The summed E-state index contributed by atoms with van der Waals surface area (Å²) >= 11 is 0. The quantitative estimate of drug-likeness (QED) is 0.304. The van der Waals surface area contributed by atoms with Crippen molar-refractivity contribution in [2.45, 2.75) is 12.5 Å². The molecule has 0 bridgehead atoms. The maximum atomic E-state index is 10.5. The molecule has 0 aromatic carbocycles. The van der Waals surface area contributed by atoms with Gasteiger partial charge in [0.1, 0.15) is 6.04 Å². The van der Waals surface area contributed by atoms with Gasteiger partial charge in [0.15, 0.2) is 0 Å². The number of carbonyl (C=O) groups is 2. The highest BCUT2D eigenvalue weighted by Crippen LogP contribution is 1.93. The normalized spacial score (nSPS) is 11.5. The summed E-state index contributed by atoms with van der Waals surface area (Å²) in [7, 11) is 0. The lowest BCUT2D eigenvalue weighted by molar-refractivity contribution is -0.839. The van der Waals surface area contributed by atoms with Crippen molar-refractivity contribution in [2.24, 2.45) is 5.73 Å². The van der Waals surface area contributed by atoms with Crippen molar-refractivity contribution in [3.05, 3.63) is 10.1 Å². The zero-order valence-electron chi connectivity index (χ0n) is 6.21. The summed E-state index contributed by atoms with van der Waals surface area (Å²) in [6.45, 7) is 0. The molecule has 0 amide bonds. The number of carboxylic acids is 1. The second-order valence-corrected chi connectivity index (χ2v) is 1.90. The van der Waals surface area contributed by atoms with Crippen LogP contribution in [0.3, 0.4) is 0 Å². The Kier molecular flexibility index (Phi) is 4.16. The summed E-state index contributed by atoms with van der Waals surface area (Å²) < 4.78 is 0.